The van der Waals surface area contributed by atoms with E-state index in [2.05, 4.69) is 4.90 Å². The average Bonchev–Trinajstić information content (AvgIpc) is 2.71. The molecule has 0 radical (unpaired) electrons. The van der Waals surface area contributed by atoms with E-state index in [1.807, 2.05) is 63.3 Å². The normalized spacial score (nSPS) is 23.7. The molecule has 4 nitrogen and oxygen atoms in total. The monoisotopic (exact) mass is 367 g/mol. The van der Waals surface area contributed by atoms with Crippen LogP contribution in [0.25, 0.3) is 0 Å². The van der Waals surface area contributed by atoms with Crippen LogP contribution in [0.15, 0.2) is 48.1 Å². The molecule has 1 aliphatic heterocycles. The van der Waals surface area contributed by atoms with Gasteiger partial charge >= 0.3 is 0 Å². The third-order valence-electron chi connectivity index (χ3n) is 5.99. The van der Waals surface area contributed by atoms with Gasteiger partial charge in [0.1, 0.15) is 0 Å². The standard InChI is InChI=1S/C23H29NO3/c1-4-20(22(26)23(3)12-6-5-7-17(23)2)21(25)18-8-10-19(11-9-18)24-13-15-27-16-14-24/h5-11,20H,4,12-16H2,1-3H3. The summed E-state index contributed by atoms with van der Waals surface area (Å²) < 4.78 is 5.39. The van der Waals surface area contributed by atoms with Crippen molar-refractivity contribution in [2.24, 2.45) is 11.3 Å². The van der Waals surface area contributed by atoms with Crippen molar-refractivity contribution < 1.29 is 14.3 Å². The van der Waals surface area contributed by atoms with E-state index < -0.39 is 11.3 Å². The SMILES string of the molecule is CCC(C(=O)c1ccc(N2CCOCC2)cc1)C(=O)C1(C)CC=CC=C1C. The molecule has 2 aliphatic rings. The number of morpholine rings is 1. The Morgan fingerprint density at radius 1 is 1.19 bits per heavy atom. The second-order valence-corrected chi connectivity index (χ2v) is 7.65. The maximum absolute atomic E-state index is 13.3. The Hall–Kier alpha value is -2.20. The first kappa shape index (κ1) is 19.6. The van der Waals surface area contributed by atoms with Gasteiger partial charge in [0.15, 0.2) is 11.6 Å². The molecule has 1 fully saturated rings. The van der Waals surface area contributed by atoms with E-state index in [0.717, 1.165) is 37.6 Å². The van der Waals surface area contributed by atoms with Crippen LogP contribution in [-0.4, -0.2) is 37.9 Å². The summed E-state index contributed by atoms with van der Waals surface area (Å²) in [6, 6.07) is 7.67. The van der Waals surface area contributed by atoms with Crippen molar-refractivity contribution in [2.75, 3.05) is 31.2 Å². The van der Waals surface area contributed by atoms with E-state index >= 15 is 0 Å². The van der Waals surface area contributed by atoms with Crippen LogP contribution < -0.4 is 4.90 Å². The van der Waals surface area contributed by atoms with E-state index in [0.29, 0.717) is 18.4 Å². The Labute approximate surface area is 161 Å². The number of carbonyl (C=O) groups excluding carboxylic acids is 2. The summed E-state index contributed by atoms with van der Waals surface area (Å²) in [6.07, 6.45) is 7.16. The Morgan fingerprint density at radius 2 is 1.85 bits per heavy atom. The maximum Gasteiger partial charge on any atom is 0.173 e. The molecular formula is C23H29NO3. The average molecular weight is 367 g/mol. The number of rotatable bonds is 6. The minimum Gasteiger partial charge on any atom is -0.378 e. The molecule has 0 N–H and O–H groups in total. The molecule has 2 atom stereocenters. The molecule has 1 heterocycles. The van der Waals surface area contributed by atoms with Crippen molar-refractivity contribution in [3.05, 3.63) is 53.6 Å². The van der Waals surface area contributed by atoms with Gasteiger partial charge in [0.25, 0.3) is 0 Å². The molecule has 27 heavy (non-hydrogen) atoms. The van der Waals surface area contributed by atoms with Gasteiger partial charge in [0.05, 0.1) is 24.5 Å². The molecule has 1 aliphatic carbocycles. The van der Waals surface area contributed by atoms with Gasteiger partial charge in [0.2, 0.25) is 0 Å². The number of ether oxygens (including phenoxy) is 1. The Balaban J connectivity index is 1.77. The Morgan fingerprint density at radius 3 is 2.44 bits per heavy atom. The lowest BCUT2D eigenvalue weighted by Crippen LogP contribution is -2.38. The molecule has 0 spiro atoms. The summed E-state index contributed by atoms with van der Waals surface area (Å²) in [5.74, 6) is -0.635. The molecule has 0 saturated carbocycles. The number of hydrogen-bond donors (Lipinski definition) is 0. The Bertz CT molecular complexity index is 756. The number of allylic oxidation sites excluding steroid dienone is 4. The molecule has 4 heteroatoms. The van der Waals surface area contributed by atoms with Gasteiger partial charge in [-0.3, -0.25) is 9.59 Å². The van der Waals surface area contributed by atoms with Gasteiger partial charge in [-0.25, -0.2) is 0 Å². The molecule has 1 aromatic carbocycles. The molecule has 3 rings (SSSR count). The highest BCUT2D eigenvalue weighted by atomic mass is 16.5. The van der Waals surface area contributed by atoms with Gasteiger partial charge in [-0.1, -0.05) is 30.7 Å². The highest BCUT2D eigenvalue weighted by molar-refractivity contribution is 6.13. The van der Waals surface area contributed by atoms with Crippen molar-refractivity contribution in [3.63, 3.8) is 0 Å². The zero-order valence-corrected chi connectivity index (χ0v) is 16.5. The lowest BCUT2D eigenvalue weighted by Gasteiger charge is -2.33. The van der Waals surface area contributed by atoms with Crippen LogP contribution in [-0.2, 0) is 9.53 Å². The minimum atomic E-state index is -0.598. The zero-order valence-electron chi connectivity index (χ0n) is 16.5. The maximum atomic E-state index is 13.3. The van der Waals surface area contributed by atoms with Crippen LogP contribution >= 0.6 is 0 Å². The summed E-state index contributed by atoms with van der Waals surface area (Å²) in [5, 5.41) is 0. The van der Waals surface area contributed by atoms with Gasteiger partial charge in [-0.15, -0.1) is 0 Å². The van der Waals surface area contributed by atoms with E-state index in [4.69, 9.17) is 4.74 Å². The van der Waals surface area contributed by atoms with Gasteiger partial charge in [0, 0.05) is 24.3 Å². The van der Waals surface area contributed by atoms with Gasteiger partial charge in [-0.2, -0.15) is 0 Å². The van der Waals surface area contributed by atoms with Crippen molar-refractivity contribution in [3.8, 4) is 0 Å². The van der Waals surface area contributed by atoms with E-state index in [1.54, 1.807) is 0 Å². The number of hydrogen-bond acceptors (Lipinski definition) is 4. The number of carbonyl (C=O) groups is 2. The minimum absolute atomic E-state index is 0.0327. The molecule has 0 aromatic heterocycles. The largest absolute Gasteiger partial charge is 0.378 e. The van der Waals surface area contributed by atoms with Gasteiger partial charge < -0.3 is 9.64 Å². The van der Waals surface area contributed by atoms with Crippen molar-refractivity contribution in [1.82, 2.24) is 0 Å². The number of benzene rings is 1. The van der Waals surface area contributed by atoms with Gasteiger partial charge in [-0.05, 0) is 51.0 Å². The summed E-state index contributed by atoms with van der Waals surface area (Å²) in [4.78, 5) is 28.6. The first-order chi connectivity index (χ1) is 13.0. The molecule has 1 aromatic rings. The first-order valence-electron chi connectivity index (χ1n) is 9.82. The molecule has 0 amide bonds. The number of anilines is 1. The zero-order chi connectivity index (χ0) is 19.4. The van der Waals surface area contributed by atoms with Crippen molar-refractivity contribution in [1.29, 1.82) is 0 Å². The summed E-state index contributed by atoms with van der Waals surface area (Å²) in [5.41, 5.74) is 2.16. The van der Waals surface area contributed by atoms with Crippen LogP contribution in [0.3, 0.4) is 0 Å². The molecular weight excluding hydrogens is 338 g/mol. The second-order valence-electron chi connectivity index (χ2n) is 7.65. The summed E-state index contributed by atoms with van der Waals surface area (Å²) in [7, 11) is 0. The molecule has 1 saturated heterocycles. The van der Waals surface area contributed by atoms with Crippen LogP contribution in [0.5, 0.6) is 0 Å². The smallest absolute Gasteiger partial charge is 0.173 e. The quantitative estimate of drug-likeness (QED) is 0.558. The predicted octanol–water partition coefficient (Wildman–Crippen LogP) is 4.21. The second kappa shape index (κ2) is 8.22. The van der Waals surface area contributed by atoms with Crippen LogP contribution in [0.2, 0.25) is 0 Å². The summed E-state index contributed by atoms with van der Waals surface area (Å²) >= 11 is 0. The number of Topliss-reactive ketones (excluding diaryl/α,β-unsaturated/α-hetero) is 2. The third-order valence-corrected chi connectivity index (χ3v) is 5.99. The lowest BCUT2D eigenvalue weighted by atomic mass is 9.68. The fourth-order valence-corrected chi connectivity index (χ4v) is 3.89. The number of ketones is 2. The highest BCUT2D eigenvalue weighted by Crippen LogP contribution is 2.38. The van der Waals surface area contributed by atoms with E-state index in [1.165, 1.54) is 0 Å². The summed E-state index contributed by atoms with van der Waals surface area (Å²) in [6.45, 7) is 9.04. The highest BCUT2D eigenvalue weighted by Gasteiger charge is 2.41. The topological polar surface area (TPSA) is 46.6 Å². The van der Waals surface area contributed by atoms with Crippen LogP contribution in [0.1, 0.15) is 44.0 Å². The predicted molar refractivity (Wildman–Crippen MR) is 108 cm³/mol. The fraction of sp³-hybridized carbons (Fsp3) is 0.478. The lowest BCUT2D eigenvalue weighted by molar-refractivity contribution is -0.128. The van der Waals surface area contributed by atoms with Crippen molar-refractivity contribution >= 4 is 17.3 Å². The molecule has 2 unspecified atom stereocenters. The van der Waals surface area contributed by atoms with E-state index in [9.17, 15) is 9.59 Å². The van der Waals surface area contributed by atoms with Crippen LogP contribution in [0, 0.1) is 11.3 Å². The molecule has 144 valence electrons. The fourth-order valence-electron chi connectivity index (χ4n) is 3.89. The van der Waals surface area contributed by atoms with Crippen molar-refractivity contribution in [2.45, 2.75) is 33.6 Å². The van der Waals surface area contributed by atoms with E-state index in [-0.39, 0.29) is 11.6 Å². The third kappa shape index (κ3) is 3.91. The van der Waals surface area contributed by atoms with Crippen LogP contribution in [0.4, 0.5) is 5.69 Å². The first-order valence-corrected chi connectivity index (χ1v) is 9.82. The Kier molecular flexibility index (Phi) is 5.95. The molecule has 0 bridgehead atoms. The number of nitrogens with zero attached hydrogens (tertiary/aromatic N) is 1.